The molecule has 4 rings (SSSR count). The van der Waals surface area contributed by atoms with Crippen molar-refractivity contribution in [2.75, 3.05) is 0 Å². The van der Waals surface area contributed by atoms with Crippen molar-refractivity contribution in [3.8, 4) is 16.4 Å². The number of primary sulfonamides is 1. The Kier molecular flexibility index (Phi) is 5.15. The lowest BCUT2D eigenvalue weighted by Crippen LogP contribution is -2.11. The molecule has 0 fully saturated rings. The van der Waals surface area contributed by atoms with Crippen LogP contribution >= 0.6 is 27.3 Å². The highest BCUT2D eigenvalue weighted by Gasteiger charge is 2.15. The molecule has 9 heteroatoms. The van der Waals surface area contributed by atoms with Gasteiger partial charge in [-0.3, -0.25) is 0 Å². The predicted molar refractivity (Wildman–Crippen MR) is 113 cm³/mol. The molecule has 0 bridgehead atoms. The maximum absolute atomic E-state index is 11.5. The Morgan fingerprint density at radius 3 is 2.39 bits per heavy atom. The van der Waals surface area contributed by atoms with Crippen molar-refractivity contribution in [1.82, 2.24) is 14.8 Å². The minimum atomic E-state index is -3.70. The van der Waals surface area contributed by atoms with Gasteiger partial charge in [0.15, 0.2) is 0 Å². The molecule has 28 heavy (non-hydrogen) atoms. The van der Waals surface area contributed by atoms with Gasteiger partial charge in [0.2, 0.25) is 15.2 Å². The second-order valence-corrected chi connectivity index (χ2v) is 9.34. The average Bonchev–Trinajstić information content (AvgIpc) is 3.28. The van der Waals surface area contributed by atoms with Crippen LogP contribution in [-0.2, 0) is 16.4 Å². The van der Waals surface area contributed by atoms with E-state index in [4.69, 9.17) is 10.2 Å². The molecule has 0 aliphatic heterocycles. The molecule has 142 valence electrons. The van der Waals surface area contributed by atoms with Crippen LogP contribution in [0.25, 0.3) is 16.4 Å². The molecule has 4 aromatic rings. The summed E-state index contributed by atoms with van der Waals surface area (Å²) in [6, 6.07) is 16.5. The molecule has 0 spiro atoms. The lowest BCUT2D eigenvalue weighted by Gasteiger charge is -2.04. The number of nitrogens with zero attached hydrogens (tertiary/aromatic N) is 3. The first-order valence-corrected chi connectivity index (χ1v) is 11.5. The fourth-order valence-corrected chi connectivity index (χ4v) is 4.53. The van der Waals surface area contributed by atoms with E-state index in [9.17, 15) is 8.42 Å². The van der Waals surface area contributed by atoms with Gasteiger partial charge in [-0.1, -0.05) is 42.5 Å². The number of nitrogens with two attached hydrogens (primary N) is 1. The van der Waals surface area contributed by atoms with Gasteiger partial charge in [-0.15, -0.1) is 11.3 Å². The van der Waals surface area contributed by atoms with Crippen LogP contribution in [0.1, 0.15) is 11.1 Å². The molecule has 2 N–H and O–H groups in total. The van der Waals surface area contributed by atoms with Crippen molar-refractivity contribution in [3.63, 3.8) is 0 Å². The van der Waals surface area contributed by atoms with Crippen LogP contribution in [0.4, 0.5) is 0 Å². The maximum Gasteiger partial charge on any atom is 0.238 e. The maximum atomic E-state index is 11.5. The second-order valence-electron chi connectivity index (χ2n) is 6.13. The number of thiazole rings is 1. The fourth-order valence-electron chi connectivity index (χ4n) is 2.84. The van der Waals surface area contributed by atoms with E-state index >= 15 is 0 Å². The molecule has 2 aromatic heterocycles. The number of hydrogen-bond donors (Lipinski definition) is 1. The topological polar surface area (TPSA) is 90.9 Å². The summed E-state index contributed by atoms with van der Waals surface area (Å²) in [4.78, 5) is 4.53. The lowest BCUT2D eigenvalue weighted by molar-refractivity contribution is 0.598. The van der Waals surface area contributed by atoms with Gasteiger partial charge in [-0.2, -0.15) is 5.10 Å². The number of hydrogen-bond acceptors (Lipinski definition) is 5. The lowest BCUT2D eigenvalue weighted by atomic mass is 10.0. The summed E-state index contributed by atoms with van der Waals surface area (Å²) in [5.41, 5.74) is 3.85. The number of benzene rings is 2. The van der Waals surface area contributed by atoms with E-state index in [1.807, 2.05) is 41.9 Å². The molecule has 2 aromatic carbocycles. The summed E-state index contributed by atoms with van der Waals surface area (Å²) in [5, 5.41) is 12.6. The molecule has 0 radical (unpaired) electrons. The predicted octanol–water partition coefficient (Wildman–Crippen LogP) is 4.00. The third kappa shape index (κ3) is 4.07. The minimum Gasteiger partial charge on any atom is -0.225 e. The first kappa shape index (κ1) is 19.0. The van der Waals surface area contributed by atoms with Gasteiger partial charge < -0.3 is 0 Å². The van der Waals surface area contributed by atoms with Gasteiger partial charge in [0.05, 0.1) is 10.6 Å². The molecule has 0 aliphatic carbocycles. The van der Waals surface area contributed by atoms with E-state index in [0.29, 0.717) is 6.42 Å². The smallest absolute Gasteiger partial charge is 0.225 e. The molecule has 0 unspecified atom stereocenters. The van der Waals surface area contributed by atoms with Gasteiger partial charge >= 0.3 is 0 Å². The van der Waals surface area contributed by atoms with E-state index in [0.717, 1.165) is 32.1 Å². The quantitative estimate of drug-likeness (QED) is 0.473. The van der Waals surface area contributed by atoms with E-state index in [1.54, 1.807) is 16.8 Å². The fraction of sp³-hybridized carbons (Fsp3) is 0.0526. The summed E-state index contributed by atoms with van der Waals surface area (Å²) in [7, 11) is -3.70. The first-order chi connectivity index (χ1) is 13.4. The molecule has 6 nitrogen and oxygen atoms in total. The van der Waals surface area contributed by atoms with Crippen molar-refractivity contribution in [1.29, 1.82) is 0 Å². The Morgan fingerprint density at radius 2 is 1.79 bits per heavy atom. The van der Waals surface area contributed by atoms with Gasteiger partial charge in [0.1, 0.15) is 4.60 Å². The number of aromatic nitrogens is 3. The van der Waals surface area contributed by atoms with Gasteiger partial charge in [-0.25, -0.2) is 23.2 Å². The van der Waals surface area contributed by atoms with Crippen molar-refractivity contribution in [3.05, 3.63) is 81.9 Å². The van der Waals surface area contributed by atoms with E-state index < -0.39 is 10.0 Å². The Labute approximate surface area is 174 Å². The normalized spacial score (nSPS) is 11.6. The number of sulfonamides is 1. The van der Waals surface area contributed by atoms with Crippen molar-refractivity contribution in [2.24, 2.45) is 5.14 Å². The Morgan fingerprint density at radius 1 is 1.07 bits per heavy atom. The van der Waals surface area contributed by atoms with Crippen LogP contribution in [0.15, 0.2) is 75.7 Å². The zero-order valence-corrected chi connectivity index (χ0v) is 17.7. The monoisotopic (exact) mass is 474 g/mol. The summed E-state index contributed by atoms with van der Waals surface area (Å²) in [6.45, 7) is 0. The summed E-state index contributed by atoms with van der Waals surface area (Å²) >= 11 is 4.87. The molecule has 0 aliphatic rings. The van der Waals surface area contributed by atoms with E-state index in [1.165, 1.54) is 23.5 Å². The number of halogens is 1. The van der Waals surface area contributed by atoms with Crippen LogP contribution in [0.5, 0.6) is 0 Å². The van der Waals surface area contributed by atoms with E-state index in [-0.39, 0.29) is 4.90 Å². The molecule has 0 saturated heterocycles. The average molecular weight is 475 g/mol. The van der Waals surface area contributed by atoms with Gasteiger partial charge in [0.25, 0.3) is 0 Å². The first-order valence-electron chi connectivity index (χ1n) is 8.27. The summed E-state index contributed by atoms with van der Waals surface area (Å²) in [6.07, 6.45) is 2.56. The van der Waals surface area contributed by atoms with Gasteiger partial charge in [-0.05, 0) is 33.6 Å². The van der Waals surface area contributed by atoms with Crippen molar-refractivity contribution in [2.45, 2.75) is 11.3 Å². The second kappa shape index (κ2) is 7.59. The van der Waals surface area contributed by atoms with Crippen LogP contribution in [0.3, 0.4) is 0 Å². The van der Waals surface area contributed by atoms with Gasteiger partial charge in [0, 0.05) is 29.1 Å². The standard InChI is InChI=1S/C19H15BrN4O2S2/c20-17-12-27-19(22-17)24-11-15(18(23-24)14-4-2-1-3-5-14)10-13-6-8-16(9-7-13)28(21,25)26/h1-9,11-12H,10H2,(H2,21,25,26). The third-order valence-corrected chi connectivity index (χ3v) is 6.61. The summed E-state index contributed by atoms with van der Waals surface area (Å²) in [5.74, 6) is 0. The zero-order valence-electron chi connectivity index (χ0n) is 14.5. The molecular weight excluding hydrogens is 460 g/mol. The molecule has 0 amide bonds. The molecule has 0 atom stereocenters. The van der Waals surface area contributed by atoms with Crippen LogP contribution in [0, 0.1) is 0 Å². The Hall–Kier alpha value is -2.33. The Balaban J connectivity index is 1.73. The van der Waals surface area contributed by atoms with Crippen molar-refractivity contribution >= 4 is 37.3 Å². The molecular formula is C19H15BrN4O2S2. The zero-order chi connectivity index (χ0) is 19.7. The summed E-state index contributed by atoms with van der Waals surface area (Å²) < 4.78 is 25.5. The highest BCUT2D eigenvalue weighted by molar-refractivity contribution is 9.10. The van der Waals surface area contributed by atoms with Crippen LogP contribution in [0.2, 0.25) is 0 Å². The highest BCUT2D eigenvalue weighted by atomic mass is 79.9. The minimum absolute atomic E-state index is 0.0999. The van der Waals surface area contributed by atoms with Crippen LogP contribution < -0.4 is 5.14 Å². The SMILES string of the molecule is NS(=O)(=O)c1ccc(Cc2cn(-c3nc(Br)cs3)nc2-c2ccccc2)cc1. The largest absolute Gasteiger partial charge is 0.238 e. The van der Waals surface area contributed by atoms with E-state index in [2.05, 4.69) is 20.9 Å². The molecule has 0 saturated carbocycles. The number of rotatable bonds is 5. The molecule has 2 heterocycles. The Bertz CT molecular complexity index is 1220. The van der Waals surface area contributed by atoms with Crippen molar-refractivity contribution < 1.29 is 8.42 Å². The van der Waals surface area contributed by atoms with Crippen LogP contribution in [-0.4, -0.2) is 23.2 Å². The third-order valence-electron chi connectivity index (χ3n) is 4.14. The highest BCUT2D eigenvalue weighted by Crippen LogP contribution is 2.27.